The van der Waals surface area contributed by atoms with Crippen LogP contribution in [-0.2, 0) is 0 Å². The van der Waals surface area contributed by atoms with Crippen molar-refractivity contribution in [3.8, 4) is 0 Å². The van der Waals surface area contributed by atoms with E-state index in [1.165, 1.54) is 12.1 Å². The Bertz CT molecular complexity index is 1140. The fourth-order valence-corrected chi connectivity index (χ4v) is 2.91. The van der Waals surface area contributed by atoms with Crippen LogP contribution < -0.4 is 5.32 Å². The lowest BCUT2D eigenvalue weighted by Crippen LogP contribution is -2.06. The number of anilines is 2. The van der Waals surface area contributed by atoms with Gasteiger partial charge in [0.05, 0.1) is 22.3 Å². The Morgan fingerprint density at radius 3 is 2.80 bits per heavy atom. The Balaban J connectivity index is 1.96. The van der Waals surface area contributed by atoms with Crippen molar-refractivity contribution >= 4 is 45.8 Å². The van der Waals surface area contributed by atoms with Crippen molar-refractivity contribution in [2.45, 2.75) is 6.92 Å². The third kappa shape index (κ3) is 2.54. The summed E-state index contributed by atoms with van der Waals surface area (Å²) in [6, 6.07) is 12.1. The van der Waals surface area contributed by atoms with Crippen molar-refractivity contribution in [2.24, 2.45) is 0 Å². The average molecular weight is 354 g/mol. The number of para-hydroxylation sites is 2. The van der Waals surface area contributed by atoms with Gasteiger partial charge >= 0.3 is 5.97 Å². The Morgan fingerprint density at radius 2 is 2.00 bits per heavy atom. The van der Waals surface area contributed by atoms with E-state index >= 15 is 0 Å². The molecule has 4 aromatic rings. The molecule has 0 saturated heterocycles. The van der Waals surface area contributed by atoms with Crippen LogP contribution in [0.25, 0.3) is 16.7 Å². The van der Waals surface area contributed by atoms with Crippen LogP contribution in [0.15, 0.2) is 42.5 Å². The van der Waals surface area contributed by atoms with E-state index in [-0.39, 0.29) is 5.56 Å². The highest BCUT2D eigenvalue weighted by atomic mass is 35.5. The summed E-state index contributed by atoms with van der Waals surface area (Å²) >= 11 is 6.02. The molecule has 0 amide bonds. The van der Waals surface area contributed by atoms with E-state index in [4.69, 9.17) is 11.6 Å². The van der Waals surface area contributed by atoms with Gasteiger partial charge < -0.3 is 10.4 Å². The molecular weight excluding hydrogens is 342 g/mol. The molecule has 0 aliphatic carbocycles. The first-order valence-electron chi connectivity index (χ1n) is 7.45. The van der Waals surface area contributed by atoms with Crippen molar-refractivity contribution in [1.29, 1.82) is 0 Å². The van der Waals surface area contributed by atoms with E-state index in [0.717, 1.165) is 11.0 Å². The molecule has 4 rings (SSSR count). The number of fused-ring (bicyclic) bond motifs is 3. The number of hydrogen-bond donors (Lipinski definition) is 2. The minimum absolute atomic E-state index is 0.0914. The van der Waals surface area contributed by atoms with Crippen molar-refractivity contribution in [2.75, 3.05) is 5.32 Å². The van der Waals surface area contributed by atoms with Gasteiger partial charge in [-0.2, -0.15) is 0 Å². The van der Waals surface area contributed by atoms with Crippen molar-refractivity contribution in [3.63, 3.8) is 0 Å². The predicted molar refractivity (Wildman–Crippen MR) is 94.7 cm³/mol. The minimum Gasteiger partial charge on any atom is -0.478 e. The summed E-state index contributed by atoms with van der Waals surface area (Å²) in [6.45, 7) is 1.85. The number of halogens is 1. The predicted octanol–water partition coefficient (Wildman–Crippen LogP) is 3.68. The molecule has 0 aliphatic heterocycles. The highest BCUT2D eigenvalue weighted by Gasteiger charge is 2.16. The number of rotatable bonds is 3. The first-order chi connectivity index (χ1) is 12.0. The highest BCUT2D eigenvalue weighted by Crippen LogP contribution is 2.28. The number of aromatic nitrogens is 4. The van der Waals surface area contributed by atoms with E-state index in [1.54, 1.807) is 6.07 Å². The van der Waals surface area contributed by atoms with E-state index in [2.05, 4.69) is 20.5 Å². The van der Waals surface area contributed by atoms with Gasteiger partial charge in [-0.05, 0) is 37.3 Å². The molecule has 124 valence electrons. The molecule has 0 aliphatic rings. The highest BCUT2D eigenvalue weighted by molar-refractivity contribution is 6.31. The second-order valence-electron chi connectivity index (χ2n) is 5.48. The summed E-state index contributed by atoms with van der Waals surface area (Å²) in [5.41, 5.74) is 2.54. The minimum atomic E-state index is -1.06. The molecule has 0 unspecified atom stereocenters. The summed E-state index contributed by atoms with van der Waals surface area (Å²) < 4.78 is 1.87. The van der Waals surface area contributed by atoms with Crippen LogP contribution in [0, 0.1) is 6.92 Å². The van der Waals surface area contributed by atoms with Gasteiger partial charge in [-0.1, -0.05) is 23.7 Å². The molecule has 8 heteroatoms. The lowest BCUT2D eigenvalue weighted by atomic mass is 10.2. The van der Waals surface area contributed by atoms with E-state index < -0.39 is 5.97 Å². The van der Waals surface area contributed by atoms with Crippen molar-refractivity contribution in [3.05, 3.63) is 58.9 Å². The van der Waals surface area contributed by atoms with Gasteiger partial charge in [0.25, 0.3) is 0 Å². The molecule has 7 nitrogen and oxygen atoms in total. The van der Waals surface area contributed by atoms with Gasteiger partial charge in [0.2, 0.25) is 5.65 Å². The smallest absolute Gasteiger partial charge is 0.337 e. The molecular formula is C17H12ClN5O2. The fraction of sp³-hybridized carbons (Fsp3) is 0.0588. The Morgan fingerprint density at radius 1 is 1.20 bits per heavy atom. The Hall–Kier alpha value is -3.19. The van der Waals surface area contributed by atoms with Gasteiger partial charge in [0, 0.05) is 5.02 Å². The third-order valence-electron chi connectivity index (χ3n) is 3.86. The summed E-state index contributed by atoms with van der Waals surface area (Å²) in [5.74, 6) is 0.0545. The SMILES string of the molecule is Cc1nnc2c(Nc3cc(Cl)ccc3C(=O)O)nc3ccccc3n12. The Kier molecular flexibility index (Phi) is 3.51. The normalized spacial score (nSPS) is 11.1. The molecule has 0 fully saturated rings. The Labute approximate surface area is 146 Å². The molecule has 0 bridgehead atoms. The maximum atomic E-state index is 11.5. The van der Waals surface area contributed by atoms with Crippen molar-refractivity contribution < 1.29 is 9.90 Å². The molecule has 25 heavy (non-hydrogen) atoms. The molecule has 2 heterocycles. The number of hydrogen-bond acceptors (Lipinski definition) is 5. The van der Waals surface area contributed by atoms with Gasteiger partial charge in [-0.15, -0.1) is 10.2 Å². The zero-order valence-electron chi connectivity index (χ0n) is 13.1. The monoisotopic (exact) mass is 353 g/mol. The van der Waals surface area contributed by atoms with E-state index in [9.17, 15) is 9.90 Å². The second kappa shape index (κ2) is 5.71. The standard InChI is InChI=1S/C17H12ClN5O2/c1-9-21-22-16-15(19-12-4-2-3-5-14(12)23(9)16)20-13-8-10(18)6-7-11(13)17(24)25/h2-8H,1H3,(H,19,20)(H,24,25). The van der Waals surface area contributed by atoms with Crippen LogP contribution in [0.4, 0.5) is 11.5 Å². The number of nitrogens with zero attached hydrogens (tertiary/aromatic N) is 4. The maximum absolute atomic E-state index is 11.5. The van der Waals surface area contributed by atoms with Crippen LogP contribution in [0.2, 0.25) is 5.02 Å². The summed E-state index contributed by atoms with van der Waals surface area (Å²) in [6.07, 6.45) is 0. The molecule has 2 aromatic carbocycles. The topological polar surface area (TPSA) is 92.4 Å². The summed E-state index contributed by atoms with van der Waals surface area (Å²) in [4.78, 5) is 16.0. The van der Waals surface area contributed by atoms with Crippen molar-refractivity contribution in [1.82, 2.24) is 19.6 Å². The van der Waals surface area contributed by atoms with Crippen LogP contribution in [0.1, 0.15) is 16.2 Å². The molecule has 2 N–H and O–H groups in total. The molecule has 2 aromatic heterocycles. The molecule has 0 atom stereocenters. The van der Waals surface area contributed by atoms with Gasteiger partial charge in [0.1, 0.15) is 5.82 Å². The quantitative estimate of drug-likeness (QED) is 0.583. The zero-order chi connectivity index (χ0) is 17.6. The second-order valence-corrected chi connectivity index (χ2v) is 5.91. The number of carboxylic acids is 1. The fourth-order valence-electron chi connectivity index (χ4n) is 2.74. The number of carbonyl (C=O) groups is 1. The maximum Gasteiger partial charge on any atom is 0.337 e. The number of aromatic carboxylic acids is 1. The van der Waals surface area contributed by atoms with Crippen LogP contribution in [0.3, 0.4) is 0 Å². The third-order valence-corrected chi connectivity index (χ3v) is 4.09. The lowest BCUT2D eigenvalue weighted by molar-refractivity contribution is 0.0698. The van der Waals surface area contributed by atoms with E-state index in [0.29, 0.717) is 28.0 Å². The van der Waals surface area contributed by atoms with Crippen LogP contribution >= 0.6 is 11.6 Å². The first kappa shape index (κ1) is 15.3. The largest absolute Gasteiger partial charge is 0.478 e. The lowest BCUT2D eigenvalue weighted by Gasteiger charge is -2.12. The van der Waals surface area contributed by atoms with E-state index in [1.807, 2.05) is 35.6 Å². The molecule has 0 saturated carbocycles. The summed E-state index contributed by atoms with van der Waals surface area (Å²) in [7, 11) is 0. The molecule has 0 radical (unpaired) electrons. The molecule has 0 spiro atoms. The van der Waals surface area contributed by atoms with Gasteiger partial charge in [-0.3, -0.25) is 4.40 Å². The van der Waals surface area contributed by atoms with Crippen LogP contribution in [-0.4, -0.2) is 30.7 Å². The van der Waals surface area contributed by atoms with Crippen LogP contribution in [0.5, 0.6) is 0 Å². The number of carboxylic acid groups (broad SMARTS) is 1. The number of nitrogens with one attached hydrogen (secondary N) is 1. The zero-order valence-corrected chi connectivity index (χ0v) is 13.8. The summed E-state index contributed by atoms with van der Waals surface area (Å²) in [5, 5.41) is 21.1. The first-order valence-corrected chi connectivity index (χ1v) is 7.83. The van der Waals surface area contributed by atoms with Gasteiger partial charge in [0.15, 0.2) is 5.82 Å². The van der Waals surface area contributed by atoms with Gasteiger partial charge in [-0.25, -0.2) is 9.78 Å². The number of aryl methyl sites for hydroxylation is 1. The number of benzene rings is 2. The average Bonchev–Trinajstić information content (AvgIpc) is 2.97.